The van der Waals surface area contributed by atoms with Gasteiger partial charge in [0.05, 0.1) is 17.5 Å². The molecular formula is C26H25ClN2O2. The van der Waals surface area contributed by atoms with Crippen molar-refractivity contribution < 1.29 is 4.74 Å². The summed E-state index contributed by atoms with van der Waals surface area (Å²) in [5.74, 6) is 1.57. The lowest BCUT2D eigenvalue weighted by atomic mass is 10.1. The summed E-state index contributed by atoms with van der Waals surface area (Å²) in [6.07, 6.45) is 0.688. The molecular weight excluding hydrogens is 408 g/mol. The maximum Gasteiger partial charge on any atom is 0.261 e. The van der Waals surface area contributed by atoms with Crippen LogP contribution in [0.5, 0.6) is 5.75 Å². The van der Waals surface area contributed by atoms with Crippen molar-refractivity contribution in [3.63, 3.8) is 0 Å². The molecule has 0 atom stereocenters. The third-order valence-electron chi connectivity index (χ3n) is 5.61. The number of hydrogen-bond donors (Lipinski definition) is 0. The van der Waals surface area contributed by atoms with E-state index in [4.69, 9.17) is 21.3 Å². The summed E-state index contributed by atoms with van der Waals surface area (Å²) < 4.78 is 7.85. The average Bonchev–Trinajstić information content (AvgIpc) is 2.77. The molecule has 0 spiro atoms. The predicted molar refractivity (Wildman–Crippen MR) is 127 cm³/mol. The Morgan fingerprint density at radius 3 is 2.42 bits per heavy atom. The van der Waals surface area contributed by atoms with E-state index in [-0.39, 0.29) is 5.56 Å². The minimum Gasteiger partial charge on any atom is -0.493 e. The third kappa shape index (κ3) is 4.35. The lowest BCUT2D eigenvalue weighted by Gasteiger charge is -2.16. The van der Waals surface area contributed by atoms with Gasteiger partial charge in [0.2, 0.25) is 0 Å². The molecule has 0 saturated heterocycles. The van der Waals surface area contributed by atoms with Gasteiger partial charge in [-0.15, -0.1) is 0 Å². The van der Waals surface area contributed by atoms with Gasteiger partial charge in [0, 0.05) is 17.1 Å². The van der Waals surface area contributed by atoms with E-state index >= 15 is 0 Å². The number of rotatable bonds is 6. The van der Waals surface area contributed by atoms with E-state index < -0.39 is 0 Å². The minimum absolute atomic E-state index is 0.0431. The van der Waals surface area contributed by atoms with Gasteiger partial charge in [-0.1, -0.05) is 35.9 Å². The van der Waals surface area contributed by atoms with Crippen LogP contribution in [0.2, 0.25) is 5.02 Å². The number of aryl methyl sites for hydroxylation is 2. The predicted octanol–water partition coefficient (Wildman–Crippen LogP) is 6.11. The lowest BCUT2D eigenvalue weighted by Crippen LogP contribution is -2.24. The monoisotopic (exact) mass is 432 g/mol. The van der Waals surface area contributed by atoms with Crippen LogP contribution in [0.15, 0.2) is 65.5 Å². The lowest BCUT2D eigenvalue weighted by molar-refractivity contribution is 0.297. The summed E-state index contributed by atoms with van der Waals surface area (Å²) in [7, 11) is 0. The van der Waals surface area contributed by atoms with E-state index in [1.165, 1.54) is 5.56 Å². The van der Waals surface area contributed by atoms with Gasteiger partial charge < -0.3 is 4.74 Å². The molecule has 31 heavy (non-hydrogen) atoms. The topological polar surface area (TPSA) is 44.1 Å². The minimum atomic E-state index is -0.0431. The van der Waals surface area contributed by atoms with E-state index in [2.05, 4.69) is 32.9 Å². The summed E-state index contributed by atoms with van der Waals surface area (Å²) >= 11 is 6.06. The maximum absolute atomic E-state index is 13.3. The van der Waals surface area contributed by atoms with Crippen molar-refractivity contribution in [1.82, 2.24) is 9.55 Å². The molecule has 158 valence electrons. The zero-order valence-electron chi connectivity index (χ0n) is 18.0. The quantitative estimate of drug-likeness (QED) is 0.345. The number of fused-ring (bicyclic) bond motifs is 1. The first-order valence-electron chi connectivity index (χ1n) is 10.4. The molecule has 0 unspecified atom stereocenters. The Bertz CT molecular complexity index is 1290. The Balaban J connectivity index is 1.63. The Kier molecular flexibility index (Phi) is 6.10. The Morgan fingerprint density at radius 2 is 1.65 bits per heavy atom. The molecule has 0 bridgehead atoms. The first-order valence-corrected chi connectivity index (χ1v) is 10.8. The van der Waals surface area contributed by atoms with E-state index in [0.29, 0.717) is 41.3 Å². The van der Waals surface area contributed by atoms with Crippen LogP contribution in [0.3, 0.4) is 0 Å². The van der Waals surface area contributed by atoms with Gasteiger partial charge in [0.15, 0.2) is 0 Å². The van der Waals surface area contributed by atoms with Crippen LogP contribution in [0.25, 0.3) is 22.3 Å². The molecule has 0 fully saturated rings. The van der Waals surface area contributed by atoms with Gasteiger partial charge in [-0.2, -0.15) is 0 Å². The fourth-order valence-corrected chi connectivity index (χ4v) is 3.87. The maximum atomic E-state index is 13.3. The molecule has 0 saturated carbocycles. The molecule has 4 nitrogen and oxygen atoms in total. The van der Waals surface area contributed by atoms with Crippen LogP contribution in [0.1, 0.15) is 23.1 Å². The number of nitrogens with zero attached hydrogens (tertiary/aromatic N) is 2. The third-order valence-corrected chi connectivity index (χ3v) is 5.86. The molecule has 0 amide bonds. The fraction of sp³-hybridized carbons (Fsp3) is 0.231. The summed E-state index contributed by atoms with van der Waals surface area (Å²) in [6, 6.07) is 19.1. The molecule has 0 aliphatic heterocycles. The first-order chi connectivity index (χ1) is 15.0. The van der Waals surface area contributed by atoms with Crippen LogP contribution in [-0.4, -0.2) is 16.2 Å². The first kappa shape index (κ1) is 21.1. The highest BCUT2D eigenvalue weighted by molar-refractivity contribution is 6.30. The standard InChI is InChI=1S/C26H25ClN2O2/c1-17-9-10-18(2)24(19(17)3)31-16-6-15-29-25(20-11-13-21(27)14-12-20)28-23-8-5-4-7-22(23)26(29)30/h4-5,7-14H,6,15-16H2,1-3H3. The van der Waals surface area contributed by atoms with Crippen molar-refractivity contribution >= 4 is 22.5 Å². The number of para-hydroxylation sites is 1. The Labute approximate surface area is 187 Å². The second kappa shape index (κ2) is 8.94. The highest BCUT2D eigenvalue weighted by Crippen LogP contribution is 2.26. The molecule has 0 aliphatic carbocycles. The highest BCUT2D eigenvalue weighted by Gasteiger charge is 2.13. The van der Waals surface area contributed by atoms with Crippen LogP contribution in [0, 0.1) is 20.8 Å². The second-order valence-corrected chi connectivity index (χ2v) is 8.21. The van der Waals surface area contributed by atoms with Gasteiger partial charge in [0.25, 0.3) is 5.56 Å². The Morgan fingerprint density at radius 1 is 0.935 bits per heavy atom. The summed E-state index contributed by atoms with van der Waals surface area (Å²) in [4.78, 5) is 18.1. The van der Waals surface area contributed by atoms with Crippen LogP contribution < -0.4 is 10.3 Å². The molecule has 1 aromatic heterocycles. The molecule has 0 N–H and O–H groups in total. The highest BCUT2D eigenvalue weighted by atomic mass is 35.5. The number of benzene rings is 3. The largest absolute Gasteiger partial charge is 0.493 e. The van der Waals surface area contributed by atoms with E-state index in [9.17, 15) is 4.79 Å². The van der Waals surface area contributed by atoms with Crippen LogP contribution in [0.4, 0.5) is 0 Å². The van der Waals surface area contributed by atoms with Crippen LogP contribution in [-0.2, 0) is 6.54 Å². The van der Waals surface area contributed by atoms with E-state index in [1.807, 2.05) is 48.5 Å². The van der Waals surface area contributed by atoms with E-state index in [1.54, 1.807) is 4.57 Å². The summed E-state index contributed by atoms with van der Waals surface area (Å²) in [5, 5.41) is 1.27. The molecule has 5 heteroatoms. The van der Waals surface area contributed by atoms with Gasteiger partial charge in [-0.05, 0) is 80.3 Å². The molecule has 4 aromatic rings. The van der Waals surface area contributed by atoms with Crippen LogP contribution >= 0.6 is 11.6 Å². The van der Waals surface area contributed by atoms with Crippen molar-refractivity contribution in [2.75, 3.05) is 6.61 Å². The molecule has 1 heterocycles. The molecule has 4 rings (SSSR count). The molecule has 3 aromatic carbocycles. The van der Waals surface area contributed by atoms with Crippen molar-refractivity contribution in [2.24, 2.45) is 0 Å². The van der Waals surface area contributed by atoms with Gasteiger partial charge >= 0.3 is 0 Å². The van der Waals surface area contributed by atoms with E-state index in [0.717, 1.165) is 22.4 Å². The molecule has 0 radical (unpaired) electrons. The number of hydrogen-bond acceptors (Lipinski definition) is 3. The van der Waals surface area contributed by atoms with Crippen molar-refractivity contribution in [2.45, 2.75) is 33.7 Å². The number of ether oxygens (including phenoxy) is 1. The van der Waals surface area contributed by atoms with Crippen molar-refractivity contribution in [3.05, 3.63) is 92.7 Å². The molecule has 0 aliphatic rings. The summed E-state index contributed by atoms with van der Waals surface area (Å²) in [6.45, 7) is 7.25. The smallest absolute Gasteiger partial charge is 0.261 e. The van der Waals surface area contributed by atoms with Gasteiger partial charge in [-0.3, -0.25) is 9.36 Å². The zero-order chi connectivity index (χ0) is 22.0. The normalized spacial score (nSPS) is 11.1. The summed E-state index contributed by atoms with van der Waals surface area (Å²) in [5.41, 5.74) is 4.99. The zero-order valence-corrected chi connectivity index (χ0v) is 18.7. The SMILES string of the molecule is Cc1ccc(C)c(OCCCn2c(-c3ccc(Cl)cc3)nc3ccccc3c2=O)c1C. The number of aromatic nitrogens is 2. The second-order valence-electron chi connectivity index (χ2n) is 7.77. The van der Waals surface area contributed by atoms with Gasteiger partial charge in [0.1, 0.15) is 11.6 Å². The Hall–Kier alpha value is -3.11. The number of halogens is 1. The van der Waals surface area contributed by atoms with Gasteiger partial charge in [-0.25, -0.2) is 4.98 Å². The fourth-order valence-electron chi connectivity index (χ4n) is 3.74. The van der Waals surface area contributed by atoms with Crippen molar-refractivity contribution in [1.29, 1.82) is 0 Å². The van der Waals surface area contributed by atoms with Crippen molar-refractivity contribution in [3.8, 4) is 17.1 Å². The average molecular weight is 433 g/mol.